The molecule has 59 heavy (non-hydrogen) atoms. The molecule has 3 aliphatic rings. The number of aryl methyl sites for hydroxylation is 1. The molecule has 312 valence electrons. The molecule has 1 atom stereocenters. The zero-order valence-corrected chi connectivity index (χ0v) is 33.4. The number of halogens is 3. The number of rotatable bonds is 10. The number of nitrogens with one attached hydrogen (secondary N) is 2. The summed E-state index contributed by atoms with van der Waals surface area (Å²) in [4.78, 5) is 56.8. The molecule has 3 fully saturated rings. The number of piperidine rings is 1. The number of hydrogen-bond acceptors (Lipinski definition) is 8. The average Bonchev–Trinajstić information content (AvgIpc) is 3.75. The SMILES string of the molecule is COc1cc2nn(C3CCC(CN(C)C4CCC(Cc5cccc6c5n(C)c(=O)n6C5CCC(=O)NC5=O)CC4)CC3)cc2cc1NC(=O)c1cccc(C(F)(F)F)n1. The second-order valence-corrected chi connectivity index (χ2v) is 16.5. The third-order valence-electron chi connectivity index (χ3n) is 12.8. The summed E-state index contributed by atoms with van der Waals surface area (Å²) in [6, 6.07) is 12.7. The van der Waals surface area contributed by atoms with Gasteiger partial charge in [-0.1, -0.05) is 18.2 Å². The zero-order valence-electron chi connectivity index (χ0n) is 33.4. The molecule has 1 saturated heterocycles. The number of benzene rings is 2. The minimum Gasteiger partial charge on any atom is -0.494 e. The van der Waals surface area contributed by atoms with Gasteiger partial charge >= 0.3 is 11.9 Å². The van der Waals surface area contributed by atoms with Gasteiger partial charge in [0.1, 0.15) is 23.2 Å². The molecule has 3 amide bonds. The standard InChI is InChI=1S/C43H49F3N8O5/c1-51(29-14-10-25(11-15-29)20-27-6-4-8-34-39(27)52(2)42(58)54(34)35-18-19-38(55)49-41(35)57)23-26-12-16-30(17-13-26)53-24-28-21-33(36(59-3)22-32(28)50-53)48-40(56)31-7-5-9-37(47-31)43(44,45)46/h4-9,21-22,24-26,29-30,35H,10-20,23H2,1-3H3,(H,48,56)(H,49,55,57). The minimum atomic E-state index is -4.67. The average molecular weight is 815 g/mol. The van der Waals surface area contributed by atoms with E-state index in [0.29, 0.717) is 41.3 Å². The summed E-state index contributed by atoms with van der Waals surface area (Å²) in [6.07, 6.45) is 7.25. The lowest BCUT2D eigenvalue weighted by Gasteiger charge is -2.38. The van der Waals surface area contributed by atoms with E-state index in [0.717, 1.165) is 98.4 Å². The summed E-state index contributed by atoms with van der Waals surface area (Å²) >= 11 is 0. The molecule has 2 saturated carbocycles. The van der Waals surface area contributed by atoms with Crippen molar-refractivity contribution in [3.63, 3.8) is 0 Å². The molecular formula is C43H49F3N8O5. The van der Waals surface area contributed by atoms with Crippen LogP contribution in [0.4, 0.5) is 18.9 Å². The van der Waals surface area contributed by atoms with Crippen LogP contribution in [-0.4, -0.2) is 73.3 Å². The highest BCUT2D eigenvalue weighted by molar-refractivity contribution is 6.05. The number of amides is 3. The Morgan fingerprint density at radius 3 is 2.41 bits per heavy atom. The number of anilines is 1. The van der Waals surface area contributed by atoms with Crippen molar-refractivity contribution in [2.45, 2.75) is 94.9 Å². The van der Waals surface area contributed by atoms with Crippen LogP contribution in [0.5, 0.6) is 5.75 Å². The Kier molecular flexibility index (Phi) is 11.1. The summed E-state index contributed by atoms with van der Waals surface area (Å²) < 4.78 is 50.3. The molecule has 13 nitrogen and oxygen atoms in total. The lowest BCUT2D eigenvalue weighted by Crippen LogP contribution is -2.44. The highest BCUT2D eigenvalue weighted by atomic mass is 19.4. The van der Waals surface area contributed by atoms with Gasteiger partial charge < -0.3 is 15.0 Å². The number of imidazole rings is 1. The number of carbonyl (C=O) groups excluding carboxylic acids is 3. The zero-order chi connectivity index (χ0) is 41.6. The first-order valence-corrected chi connectivity index (χ1v) is 20.4. The Bertz CT molecular complexity index is 2460. The van der Waals surface area contributed by atoms with Crippen LogP contribution in [0.25, 0.3) is 21.9 Å². The van der Waals surface area contributed by atoms with Crippen LogP contribution in [0.3, 0.4) is 0 Å². The molecule has 2 aliphatic carbocycles. The normalized spacial score (nSPS) is 22.9. The monoisotopic (exact) mass is 814 g/mol. The number of methoxy groups -OCH3 is 1. The Hall–Kier alpha value is -5.51. The Labute approximate surface area is 338 Å². The third kappa shape index (κ3) is 8.23. The van der Waals surface area contributed by atoms with Gasteiger partial charge in [0.25, 0.3) is 5.91 Å². The van der Waals surface area contributed by atoms with Crippen molar-refractivity contribution in [3.05, 3.63) is 82.2 Å². The van der Waals surface area contributed by atoms with Gasteiger partial charge in [-0.05, 0) is 113 Å². The molecule has 0 radical (unpaired) electrons. The van der Waals surface area contributed by atoms with Crippen molar-refractivity contribution in [3.8, 4) is 5.75 Å². The fraction of sp³-hybridized carbons (Fsp3) is 0.488. The molecule has 5 aromatic rings. The molecule has 1 aliphatic heterocycles. The maximum Gasteiger partial charge on any atom is 0.433 e. The van der Waals surface area contributed by atoms with Gasteiger partial charge in [0, 0.05) is 43.7 Å². The number of ether oxygens (including phenoxy) is 1. The molecule has 16 heteroatoms. The number of carbonyl (C=O) groups is 3. The number of hydrogen-bond donors (Lipinski definition) is 2. The number of nitrogens with zero attached hydrogens (tertiary/aromatic N) is 6. The molecule has 1 unspecified atom stereocenters. The van der Waals surface area contributed by atoms with Crippen molar-refractivity contribution >= 4 is 45.3 Å². The Balaban J connectivity index is 0.842. The van der Waals surface area contributed by atoms with E-state index in [9.17, 15) is 32.3 Å². The predicted molar refractivity (Wildman–Crippen MR) is 215 cm³/mol. The van der Waals surface area contributed by atoms with E-state index < -0.39 is 29.7 Å². The van der Waals surface area contributed by atoms with Crippen LogP contribution in [0.1, 0.15) is 98.0 Å². The van der Waals surface area contributed by atoms with E-state index in [1.165, 1.54) is 13.2 Å². The Morgan fingerprint density at radius 1 is 0.966 bits per heavy atom. The van der Waals surface area contributed by atoms with Crippen LogP contribution in [-0.2, 0) is 29.2 Å². The lowest BCUT2D eigenvalue weighted by molar-refractivity contribution is -0.141. The van der Waals surface area contributed by atoms with Crippen LogP contribution in [0.2, 0.25) is 0 Å². The number of alkyl halides is 3. The first-order chi connectivity index (χ1) is 28.3. The number of para-hydroxylation sites is 1. The number of fused-ring (bicyclic) bond motifs is 2. The second-order valence-electron chi connectivity index (χ2n) is 16.5. The summed E-state index contributed by atoms with van der Waals surface area (Å²) in [5.41, 5.74) is 2.00. The minimum absolute atomic E-state index is 0.212. The second kappa shape index (κ2) is 16.3. The van der Waals surface area contributed by atoms with Crippen molar-refractivity contribution in [2.75, 3.05) is 26.0 Å². The molecular weight excluding hydrogens is 766 g/mol. The van der Waals surface area contributed by atoms with E-state index in [4.69, 9.17) is 9.84 Å². The van der Waals surface area contributed by atoms with E-state index >= 15 is 0 Å². The topological polar surface area (TPSA) is 145 Å². The van der Waals surface area contributed by atoms with Crippen molar-refractivity contribution in [2.24, 2.45) is 18.9 Å². The van der Waals surface area contributed by atoms with E-state index in [1.807, 2.05) is 23.0 Å². The number of imide groups is 1. The van der Waals surface area contributed by atoms with Gasteiger partial charge in [0.2, 0.25) is 11.8 Å². The first kappa shape index (κ1) is 40.3. The maximum atomic E-state index is 13.4. The quantitative estimate of drug-likeness (QED) is 0.147. The van der Waals surface area contributed by atoms with Crippen LogP contribution in [0.15, 0.2) is 59.5 Å². The molecule has 8 rings (SSSR count). The first-order valence-electron chi connectivity index (χ1n) is 20.4. The molecule has 0 bridgehead atoms. The molecule has 3 aromatic heterocycles. The van der Waals surface area contributed by atoms with Gasteiger partial charge in [-0.3, -0.25) is 33.5 Å². The molecule has 4 heterocycles. The van der Waals surface area contributed by atoms with E-state index in [2.05, 4.69) is 33.6 Å². The fourth-order valence-electron chi connectivity index (χ4n) is 9.59. The van der Waals surface area contributed by atoms with Crippen molar-refractivity contribution in [1.82, 2.24) is 34.1 Å². The smallest absolute Gasteiger partial charge is 0.433 e. The third-order valence-corrected chi connectivity index (χ3v) is 12.8. The van der Waals surface area contributed by atoms with Crippen LogP contribution in [0, 0.1) is 11.8 Å². The summed E-state index contributed by atoms with van der Waals surface area (Å²) in [5, 5.41) is 10.7. The fourth-order valence-corrected chi connectivity index (χ4v) is 9.59. The summed E-state index contributed by atoms with van der Waals surface area (Å²) in [7, 11) is 5.47. The van der Waals surface area contributed by atoms with Crippen LogP contribution < -0.4 is 21.1 Å². The Morgan fingerprint density at radius 2 is 1.69 bits per heavy atom. The summed E-state index contributed by atoms with van der Waals surface area (Å²) in [5.74, 6) is -0.0816. The highest BCUT2D eigenvalue weighted by Gasteiger charge is 2.34. The molecule has 0 spiro atoms. The van der Waals surface area contributed by atoms with Gasteiger partial charge in [0.05, 0.1) is 35.4 Å². The van der Waals surface area contributed by atoms with Gasteiger partial charge in [-0.2, -0.15) is 18.3 Å². The largest absolute Gasteiger partial charge is 0.494 e. The van der Waals surface area contributed by atoms with Gasteiger partial charge in [-0.15, -0.1) is 0 Å². The molecule has 2 N–H and O–H groups in total. The van der Waals surface area contributed by atoms with Crippen molar-refractivity contribution < 1.29 is 32.3 Å². The summed E-state index contributed by atoms with van der Waals surface area (Å²) in [6.45, 7) is 1.04. The lowest BCUT2D eigenvalue weighted by atomic mass is 9.81. The van der Waals surface area contributed by atoms with Crippen LogP contribution >= 0.6 is 0 Å². The maximum absolute atomic E-state index is 13.4. The van der Waals surface area contributed by atoms with E-state index in [1.54, 1.807) is 28.3 Å². The number of pyridine rings is 1. The van der Waals surface area contributed by atoms with Gasteiger partial charge in [0.15, 0.2) is 0 Å². The highest BCUT2D eigenvalue weighted by Crippen LogP contribution is 2.38. The van der Waals surface area contributed by atoms with Crippen molar-refractivity contribution in [1.29, 1.82) is 0 Å². The predicted octanol–water partition coefficient (Wildman–Crippen LogP) is 6.81. The number of aromatic nitrogens is 5. The van der Waals surface area contributed by atoms with Gasteiger partial charge in [-0.25, -0.2) is 9.78 Å². The molecule has 2 aromatic carbocycles. The van der Waals surface area contributed by atoms with E-state index in [-0.39, 0.29) is 29.8 Å².